The molecule has 1 fully saturated rings. The summed E-state index contributed by atoms with van der Waals surface area (Å²) in [5, 5.41) is 2.85. The molecule has 1 amide bonds. The Bertz CT molecular complexity index is 476. The zero-order chi connectivity index (χ0) is 13.8. The molecule has 0 spiro atoms. The lowest BCUT2D eigenvalue weighted by atomic mass is 9.99. The first-order chi connectivity index (χ1) is 9.09. The highest BCUT2D eigenvalue weighted by atomic mass is 16.5. The average Bonchev–Trinajstić information content (AvgIpc) is 2.92. The first-order valence-electron chi connectivity index (χ1n) is 6.61. The van der Waals surface area contributed by atoms with E-state index in [0.717, 1.165) is 6.42 Å². The molecule has 102 valence electrons. The molecule has 0 aliphatic carbocycles. The number of carbonyl (C=O) groups is 2. The van der Waals surface area contributed by atoms with Gasteiger partial charge in [0.25, 0.3) is 0 Å². The molecular formula is C15H19NO3. The van der Waals surface area contributed by atoms with Gasteiger partial charge in [-0.05, 0) is 18.6 Å². The SMILES string of the molecule is CC(C)C(=O)c1ccccc1NC(=O)C1CCOC1. The third-order valence-corrected chi connectivity index (χ3v) is 3.28. The summed E-state index contributed by atoms with van der Waals surface area (Å²) < 4.78 is 5.20. The number of para-hydroxylation sites is 1. The number of Topliss-reactive ketones (excluding diaryl/α,β-unsaturated/α-hetero) is 1. The predicted octanol–water partition coefficient (Wildman–Crippen LogP) is 2.50. The summed E-state index contributed by atoms with van der Waals surface area (Å²) in [4.78, 5) is 24.1. The van der Waals surface area contributed by atoms with Crippen molar-refractivity contribution in [3.8, 4) is 0 Å². The molecule has 1 saturated heterocycles. The fraction of sp³-hybridized carbons (Fsp3) is 0.467. The van der Waals surface area contributed by atoms with Crippen LogP contribution in [0.3, 0.4) is 0 Å². The van der Waals surface area contributed by atoms with Crippen LogP contribution in [0.25, 0.3) is 0 Å². The van der Waals surface area contributed by atoms with Crippen molar-refractivity contribution < 1.29 is 14.3 Å². The van der Waals surface area contributed by atoms with Crippen LogP contribution in [0, 0.1) is 11.8 Å². The number of hydrogen-bond acceptors (Lipinski definition) is 3. The molecule has 0 radical (unpaired) electrons. The summed E-state index contributed by atoms with van der Waals surface area (Å²) >= 11 is 0. The van der Waals surface area contributed by atoms with E-state index in [1.807, 2.05) is 26.0 Å². The Hall–Kier alpha value is -1.68. The molecule has 1 aliphatic rings. The Kier molecular flexibility index (Phi) is 4.32. The minimum atomic E-state index is -0.109. The van der Waals surface area contributed by atoms with E-state index in [9.17, 15) is 9.59 Å². The normalized spacial score (nSPS) is 18.6. The first-order valence-corrected chi connectivity index (χ1v) is 6.61. The molecular weight excluding hydrogens is 242 g/mol. The van der Waals surface area contributed by atoms with Crippen molar-refractivity contribution in [3.05, 3.63) is 29.8 Å². The largest absolute Gasteiger partial charge is 0.381 e. The topological polar surface area (TPSA) is 55.4 Å². The van der Waals surface area contributed by atoms with E-state index in [1.54, 1.807) is 12.1 Å². The molecule has 0 bridgehead atoms. The number of carbonyl (C=O) groups excluding carboxylic acids is 2. The average molecular weight is 261 g/mol. The third-order valence-electron chi connectivity index (χ3n) is 3.28. The van der Waals surface area contributed by atoms with Gasteiger partial charge in [-0.2, -0.15) is 0 Å². The molecule has 0 aromatic heterocycles. The van der Waals surface area contributed by atoms with Crippen LogP contribution in [-0.2, 0) is 9.53 Å². The lowest BCUT2D eigenvalue weighted by Gasteiger charge is -2.14. The first kappa shape index (κ1) is 13.7. The molecule has 1 N–H and O–H groups in total. The number of ether oxygens (including phenoxy) is 1. The van der Waals surface area contributed by atoms with Crippen molar-refractivity contribution in [2.24, 2.45) is 11.8 Å². The second-order valence-electron chi connectivity index (χ2n) is 5.11. The highest BCUT2D eigenvalue weighted by Crippen LogP contribution is 2.21. The molecule has 19 heavy (non-hydrogen) atoms. The van der Waals surface area contributed by atoms with Gasteiger partial charge in [0.15, 0.2) is 5.78 Å². The molecule has 0 saturated carbocycles. The zero-order valence-electron chi connectivity index (χ0n) is 11.3. The fourth-order valence-electron chi connectivity index (χ4n) is 2.09. The zero-order valence-corrected chi connectivity index (χ0v) is 11.3. The van der Waals surface area contributed by atoms with Gasteiger partial charge in [-0.3, -0.25) is 9.59 Å². The smallest absolute Gasteiger partial charge is 0.229 e. The molecule has 1 unspecified atom stereocenters. The van der Waals surface area contributed by atoms with Crippen molar-refractivity contribution in [1.82, 2.24) is 0 Å². The lowest BCUT2D eigenvalue weighted by Crippen LogP contribution is -2.24. The monoisotopic (exact) mass is 261 g/mol. The van der Waals surface area contributed by atoms with E-state index in [-0.39, 0.29) is 23.5 Å². The molecule has 4 heteroatoms. The predicted molar refractivity (Wildman–Crippen MR) is 73.2 cm³/mol. The highest BCUT2D eigenvalue weighted by molar-refractivity contribution is 6.06. The van der Waals surface area contributed by atoms with Gasteiger partial charge < -0.3 is 10.1 Å². The van der Waals surface area contributed by atoms with Crippen LogP contribution < -0.4 is 5.32 Å². The molecule has 1 aromatic rings. The Labute approximate surface area is 113 Å². The van der Waals surface area contributed by atoms with Gasteiger partial charge in [-0.1, -0.05) is 26.0 Å². The fourth-order valence-corrected chi connectivity index (χ4v) is 2.09. The van der Waals surface area contributed by atoms with Crippen LogP contribution in [0.1, 0.15) is 30.6 Å². The number of benzene rings is 1. The number of ketones is 1. The molecule has 1 aromatic carbocycles. The van der Waals surface area contributed by atoms with E-state index in [2.05, 4.69) is 5.32 Å². The molecule has 1 heterocycles. The molecule has 4 nitrogen and oxygen atoms in total. The standard InChI is InChI=1S/C15H19NO3/c1-10(2)14(17)12-5-3-4-6-13(12)16-15(18)11-7-8-19-9-11/h3-6,10-11H,7-9H2,1-2H3,(H,16,18). The van der Waals surface area contributed by atoms with E-state index in [4.69, 9.17) is 4.74 Å². The van der Waals surface area contributed by atoms with Crippen LogP contribution in [0.15, 0.2) is 24.3 Å². The van der Waals surface area contributed by atoms with Crippen molar-refractivity contribution in [1.29, 1.82) is 0 Å². The molecule has 1 atom stereocenters. The van der Waals surface area contributed by atoms with Crippen molar-refractivity contribution >= 4 is 17.4 Å². The van der Waals surface area contributed by atoms with Gasteiger partial charge >= 0.3 is 0 Å². The van der Waals surface area contributed by atoms with Crippen LogP contribution in [0.2, 0.25) is 0 Å². The maximum Gasteiger partial charge on any atom is 0.229 e. The van der Waals surface area contributed by atoms with Crippen LogP contribution in [-0.4, -0.2) is 24.9 Å². The summed E-state index contributed by atoms with van der Waals surface area (Å²) in [5.74, 6) is -0.227. The molecule has 1 aliphatic heterocycles. The summed E-state index contributed by atoms with van der Waals surface area (Å²) in [6, 6.07) is 7.15. The Morgan fingerprint density at radius 3 is 2.68 bits per heavy atom. The van der Waals surface area contributed by atoms with E-state index in [1.165, 1.54) is 0 Å². The number of amides is 1. The quantitative estimate of drug-likeness (QED) is 0.847. The maximum absolute atomic E-state index is 12.1. The summed E-state index contributed by atoms with van der Waals surface area (Å²) in [7, 11) is 0. The minimum Gasteiger partial charge on any atom is -0.381 e. The molecule has 2 rings (SSSR count). The second-order valence-corrected chi connectivity index (χ2v) is 5.11. The van der Waals surface area contributed by atoms with E-state index in [0.29, 0.717) is 24.5 Å². The van der Waals surface area contributed by atoms with Crippen molar-refractivity contribution in [2.45, 2.75) is 20.3 Å². The Morgan fingerprint density at radius 2 is 2.05 bits per heavy atom. The third kappa shape index (κ3) is 3.20. The van der Waals surface area contributed by atoms with Crippen LogP contribution in [0.4, 0.5) is 5.69 Å². The summed E-state index contributed by atoms with van der Waals surface area (Å²) in [6.45, 7) is 4.80. The van der Waals surface area contributed by atoms with E-state index >= 15 is 0 Å². The summed E-state index contributed by atoms with van der Waals surface area (Å²) in [6.07, 6.45) is 0.742. The van der Waals surface area contributed by atoms with Gasteiger partial charge in [0.1, 0.15) is 0 Å². The summed E-state index contributed by atoms with van der Waals surface area (Å²) in [5.41, 5.74) is 1.17. The Balaban J connectivity index is 2.15. The van der Waals surface area contributed by atoms with Gasteiger partial charge in [-0.15, -0.1) is 0 Å². The number of anilines is 1. The van der Waals surface area contributed by atoms with Crippen LogP contribution >= 0.6 is 0 Å². The van der Waals surface area contributed by atoms with Crippen LogP contribution in [0.5, 0.6) is 0 Å². The van der Waals surface area contributed by atoms with Gasteiger partial charge in [-0.25, -0.2) is 0 Å². The van der Waals surface area contributed by atoms with E-state index < -0.39 is 0 Å². The highest BCUT2D eigenvalue weighted by Gasteiger charge is 2.24. The minimum absolute atomic E-state index is 0.0403. The maximum atomic E-state index is 12.1. The number of hydrogen-bond donors (Lipinski definition) is 1. The number of nitrogens with one attached hydrogen (secondary N) is 1. The van der Waals surface area contributed by atoms with Gasteiger partial charge in [0.05, 0.1) is 18.2 Å². The number of rotatable bonds is 4. The van der Waals surface area contributed by atoms with Crippen molar-refractivity contribution in [2.75, 3.05) is 18.5 Å². The van der Waals surface area contributed by atoms with Gasteiger partial charge in [0, 0.05) is 18.1 Å². The Morgan fingerprint density at radius 1 is 1.32 bits per heavy atom. The second kappa shape index (κ2) is 5.97. The lowest BCUT2D eigenvalue weighted by molar-refractivity contribution is -0.119. The van der Waals surface area contributed by atoms with Gasteiger partial charge in [0.2, 0.25) is 5.91 Å². The van der Waals surface area contributed by atoms with Crippen molar-refractivity contribution in [3.63, 3.8) is 0 Å².